The Hall–Kier alpha value is -1.84. The van der Waals surface area contributed by atoms with Crippen molar-refractivity contribution in [3.05, 3.63) is 29.8 Å². The SMILES string of the molecule is CCCC(=O)Nc1cccc(CN=C(NCC)N2CC(C)C(C(=O)OC)C2)c1.I. The van der Waals surface area contributed by atoms with E-state index in [0.29, 0.717) is 19.5 Å². The second kappa shape index (κ2) is 12.7. The van der Waals surface area contributed by atoms with Crippen LogP contribution >= 0.6 is 24.0 Å². The third-order valence-corrected chi connectivity index (χ3v) is 4.85. The molecule has 8 heteroatoms. The molecular weight excluding hydrogens is 483 g/mol. The summed E-state index contributed by atoms with van der Waals surface area (Å²) in [5.41, 5.74) is 1.80. The van der Waals surface area contributed by atoms with Gasteiger partial charge in [0.25, 0.3) is 0 Å². The zero-order valence-electron chi connectivity index (χ0n) is 17.7. The Kier molecular flexibility index (Phi) is 11.0. The molecule has 1 fully saturated rings. The first kappa shape index (κ1) is 25.2. The van der Waals surface area contributed by atoms with Gasteiger partial charge in [0, 0.05) is 31.7 Å². The molecule has 29 heavy (non-hydrogen) atoms. The van der Waals surface area contributed by atoms with Crippen molar-refractivity contribution in [1.82, 2.24) is 10.2 Å². The number of ether oxygens (including phenoxy) is 1. The van der Waals surface area contributed by atoms with E-state index in [-0.39, 0.29) is 47.7 Å². The van der Waals surface area contributed by atoms with E-state index in [1.807, 2.05) is 38.1 Å². The summed E-state index contributed by atoms with van der Waals surface area (Å²) >= 11 is 0. The number of guanidine groups is 1. The van der Waals surface area contributed by atoms with E-state index in [1.54, 1.807) is 0 Å². The minimum absolute atomic E-state index is 0. The summed E-state index contributed by atoms with van der Waals surface area (Å²) in [6, 6.07) is 7.75. The van der Waals surface area contributed by atoms with Gasteiger partial charge in [-0.3, -0.25) is 9.59 Å². The average molecular weight is 516 g/mol. The van der Waals surface area contributed by atoms with Gasteiger partial charge in [-0.2, -0.15) is 0 Å². The summed E-state index contributed by atoms with van der Waals surface area (Å²) in [7, 11) is 1.43. The van der Waals surface area contributed by atoms with Gasteiger partial charge in [0.15, 0.2) is 5.96 Å². The third kappa shape index (κ3) is 7.49. The van der Waals surface area contributed by atoms with Gasteiger partial charge in [-0.05, 0) is 37.0 Å². The van der Waals surface area contributed by atoms with Gasteiger partial charge in [0.1, 0.15) is 0 Å². The lowest BCUT2D eigenvalue weighted by atomic mass is 9.99. The summed E-state index contributed by atoms with van der Waals surface area (Å²) < 4.78 is 4.92. The number of esters is 1. The summed E-state index contributed by atoms with van der Waals surface area (Å²) in [6.07, 6.45) is 1.34. The van der Waals surface area contributed by atoms with Gasteiger partial charge in [0.2, 0.25) is 5.91 Å². The predicted molar refractivity (Wildman–Crippen MR) is 126 cm³/mol. The van der Waals surface area contributed by atoms with Crippen molar-refractivity contribution in [3.8, 4) is 0 Å². The molecule has 2 N–H and O–H groups in total. The van der Waals surface area contributed by atoms with Crippen LogP contribution in [0.15, 0.2) is 29.3 Å². The quantitative estimate of drug-likeness (QED) is 0.252. The Bertz CT molecular complexity index is 711. The molecule has 2 rings (SSSR count). The van der Waals surface area contributed by atoms with Crippen molar-refractivity contribution in [2.75, 3.05) is 32.1 Å². The number of nitrogens with one attached hydrogen (secondary N) is 2. The van der Waals surface area contributed by atoms with E-state index in [1.165, 1.54) is 7.11 Å². The summed E-state index contributed by atoms with van der Waals surface area (Å²) in [5.74, 6) is 0.735. The van der Waals surface area contributed by atoms with Crippen molar-refractivity contribution in [3.63, 3.8) is 0 Å². The molecule has 1 aromatic rings. The van der Waals surface area contributed by atoms with Gasteiger partial charge in [-0.15, -0.1) is 24.0 Å². The lowest BCUT2D eigenvalue weighted by molar-refractivity contribution is -0.146. The number of rotatable bonds is 7. The van der Waals surface area contributed by atoms with Crippen molar-refractivity contribution in [1.29, 1.82) is 0 Å². The molecule has 1 aromatic carbocycles. The van der Waals surface area contributed by atoms with Crippen LogP contribution in [-0.4, -0.2) is 49.5 Å². The van der Waals surface area contributed by atoms with Crippen LogP contribution in [0.4, 0.5) is 5.69 Å². The van der Waals surface area contributed by atoms with Gasteiger partial charge in [-0.25, -0.2) is 4.99 Å². The smallest absolute Gasteiger partial charge is 0.310 e. The molecule has 0 spiro atoms. The maximum Gasteiger partial charge on any atom is 0.310 e. The van der Waals surface area contributed by atoms with E-state index in [2.05, 4.69) is 22.5 Å². The van der Waals surface area contributed by atoms with Crippen LogP contribution in [-0.2, 0) is 20.9 Å². The maximum atomic E-state index is 12.0. The molecule has 0 bridgehead atoms. The van der Waals surface area contributed by atoms with E-state index < -0.39 is 0 Å². The molecule has 7 nitrogen and oxygen atoms in total. The zero-order chi connectivity index (χ0) is 20.5. The second-order valence-electron chi connectivity index (χ2n) is 7.18. The van der Waals surface area contributed by atoms with Crippen LogP contribution in [0.2, 0.25) is 0 Å². The summed E-state index contributed by atoms with van der Waals surface area (Å²) in [4.78, 5) is 30.6. The fourth-order valence-electron chi connectivity index (χ4n) is 3.39. The highest BCUT2D eigenvalue weighted by Gasteiger charge is 2.36. The van der Waals surface area contributed by atoms with E-state index in [9.17, 15) is 9.59 Å². The van der Waals surface area contributed by atoms with Crippen LogP contribution in [0.1, 0.15) is 39.2 Å². The number of carbonyl (C=O) groups is 2. The molecular formula is C21H33IN4O3. The van der Waals surface area contributed by atoms with E-state index in [0.717, 1.165) is 36.7 Å². The highest BCUT2D eigenvalue weighted by molar-refractivity contribution is 14.0. The number of aliphatic imine (C=N–C) groups is 1. The molecule has 2 unspecified atom stereocenters. The van der Waals surface area contributed by atoms with Crippen LogP contribution < -0.4 is 10.6 Å². The first-order valence-corrected chi connectivity index (χ1v) is 9.98. The average Bonchev–Trinajstić information content (AvgIpc) is 3.06. The zero-order valence-corrected chi connectivity index (χ0v) is 20.1. The summed E-state index contributed by atoms with van der Waals surface area (Å²) in [5, 5.41) is 6.23. The molecule has 0 saturated carbocycles. The lowest BCUT2D eigenvalue weighted by Crippen LogP contribution is -2.40. The number of benzene rings is 1. The Balaban J connectivity index is 0.00000420. The number of amides is 1. The van der Waals surface area contributed by atoms with Crippen LogP contribution in [0.3, 0.4) is 0 Å². The number of halogens is 1. The Labute approximate surface area is 190 Å². The Morgan fingerprint density at radius 3 is 2.69 bits per heavy atom. The summed E-state index contributed by atoms with van der Waals surface area (Å²) in [6.45, 7) is 8.68. The van der Waals surface area contributed by atoms with Crippen molar-refractivity contribution >= 4 is 47.5 Å². The maximum absolute atomic E-state index is 12.0. The Morgan fingerprint density at radius 2 is 2.03 bits per heavy atom. The fraction of sp³-hybridized carbons (Fsp3) is 0.571. The predicted octanol–water partition coefficient (Wildman–Crippen LogP) is 3.25. The molecule has 1 aliphatic rings. The number of anilines is 1. The number of likely N-dealkylation sites (tertiary alicyclic amines) is 1. The van der Waals surface area contributed by atoms with Gasteiger partial charge >= 0.3 is 5.97 Å². The van der Waals surface area contributed by atoms with Crippen molar-refractivity contribution in [2.24, 2.45) is 16.8 Å². The van der Waals surface area contributed by atoms with Crippen LogP contribution in [0.25, 0.3) is 0 Å². The molecule has 0 aliphatic carbocycles. The number of hydrogen-bond donors (Lipinski definition) is 2. The van der Waals surface area contributed by atoms with Gasteiger partial charge in [-0.1, -0.05) is 26.0 Å². The first-order chi connectivity index (χ1) is 13.5. The molecule has 1 amide bonds. The monoisotopic (exact) mass is 516 g/mol. The highest BCUT2D eigenvalue weighted by Crippen LogP contribution is 2.24. The normalized spacial score (nSPS) is 18.8. The molecule has 2 atom stereocenters. The molecule has 0 aromatic heterocycles. The highest BCUT2D eigenvalue weighted by atomic mass is 127. The number of nitrogens with zero attached hydrogens (tertiary/aromatic N) is 2. The van der Waals surface area contributed by atoms with E-state index >= 15 is 0 Å². The first-order valence-electron chi connectivity index (χ1n) is 9.98. The standard InChI is InChI=1S/C21H32N4O3.HI/c1-5-8-19(26)24-17-10-7-9-16(11-17)12-23-21(22-6-2)25-13-15(3)18(14-25)20(27)28-4;/h7,9-11,15,18H,5-6,8,12-14H2,1-4H3,(H,22,23)(H,24,26);1H. The third-order valence-electron chi connectivity index (χ3n) is 4.85. The minimum atomic E-state index is -0.165. The van der Waals surface area contributed by atoms with Gasteiger partial charge in [0.05, 0.1) is 19.6 Å². The van der Waals surface area contributed by atoms with E-state index in [4.69, 9.17) is 9.73 Å². The molecule has 0 radical (unpaired) electrons. The number of carbonyl (C=O) groups excluding carboxylic acids is 2. The minimum Gasteiger partial charge on any atom is -0.469 e. The Morgan fingerprint density at radius 1 is 1.28 bits per heavy atom. The van der Waals surface area contributed by atoms with Crippen molar-refractivity contribution < 1.29 is 14.3 Å². The molecule has 162 valence electrons. The lowest BCUT2D eigenvalue weighted by Gasteiger charge is -2.21. The van der Waals surface area contributed by atoms with Gasteiger partial charge < -0.3 is 20.3 Å². The van der Waals surface area contributed by atoms with Crippen LogP contribution in [0.5, 0.6) is 0 Å². The molecule has 1 saturated heterocycles. The molecule has 1 aliphatic heterocycles. The van der Waals surface area contributed by atoms with Crippen molar-refractivity contribution in [2.45, 2.75) is 40.2 Å². The molecule has 1 heterocycles. The second-order valence-corrected chi connectivity index (χ2v) is 7.18. The fourth-order valence-corrected chi connectivity index (χ4v) is 3.39. The topological polar surface area (TPSA) is 83.0 Å². The number of hydrogen-bond acceptors (Lipinski definition) is 4. The number of methoxy groups -OCH3 is 1. The van der Waals surface area contributed by atoms with Crippen LogP contribution in [0, 0.1) is 11.8 Å². The largest absolute Gasteiger partial charge is 0.469 e.